The molecule has 1 aromatic carbocycles. The third kappa shape index (κ3) is 2.32. The Hall–Kier alpha value is -0.890. The maximum absolute atomic E-state index is 13.9. The minimum atomic E-state index is -1.41. The van der Waals surface area contributed by atoms with Crippen molar-refractivity contribution in [3.05, 3.63) is 35.4 Å². The van der Waals surface area contributed by atoms with Gasteiger partial charge < -0.3 is 5.73 Å². The Balaban J connectivity index is 3.05. The molecule has 0 spiro atoms. The zero-order valence-electron chi connectivity index (χ0n) is 9.05. The minimum Gasteiger partial charge on any atom is -0.327 e. The van der Waals surface area contributed by atoms with E-state index in [1.807, 2.05) is 18.2 Å². The van der Waals surface area contributed by atoms with Gasteiger partial charge in [0.15, 0.2) is 0 Å². The lowest BCUT2D eigenvalue weighted by Gasteiger charge is -2.19. The third-order valence-corrected chi connectivity index (χ3v) is 2.54. The molecule has 2 N–H and O–H groups in total. The summed E-state index contributed by atoms with van der Waals surface area (Å²) in [5.74, 6) is 0.420. The van der Waals surface area contributed by atoms with E-state index in [4.69, 9.17) is 5.73 Å². The van der Waals surface area contributed by atoms with E-state index < -0.39 is 5.67 Å². The fourth-order valence-corrected chi connectivity index (χ4v) is 1.34. The smallest absolute Gasteiger partial charge is 0.145 e. The molecule has 14 heavy (non-hydrogen) atoms. The number of hydrogen-bond acceptors (Lipinski definition) is 1. The van der Waals surface area contributed by atoms with Crippen LogP contribution < -0.4 is 5.73 Å². The van der Waals surface area contributed by atoms with Crippen LogP contribution in [0.5, 0.6) is 0 Å². The summed E-state index contributed by atoms with van der Waals surface area (Å²) in [7, 11) is 0. The van der Waals surface area contributed by atoms with Gasteiger partial charge in [-0.05, 0) is 24.0 Å². The van der Waals surface area contributed by atoms with E-state index in [-0.39, 0.29) is 6.54 Å². The fraction of sp³-hybridized carbons (Fsp3) is 0.500. The van der Waals surface area contributed by atoms with Crippen molar-refractivity contribution in [1.29, 1.82) is 0 Å². The molecule has 1 nitrogen and oxygen atoms in total. The summed E-state index contributed by atoms with van der Waals surface area (Å²) in [4.78, 5) is 0. The van der Waals surface area contributed by atoms with Crippen LogP contribution in [-0.2, 0) is 5.67 Å². The molecule has 0 aliphatic carbocycles. The second kappa shape index (κ2) is 4.09. The van der Waals surface area contributed by atoms with Gasteiger partial charge >= 0.3 is 0 Å². The average molecular weight is 195 g/mol. The van der Waals surface area contributed by atoms with Gasteiger partial charge in [-0.25, -0.2) is 4.39 Å². The Morgan fingerprint density at radius 1 is 1.43 bits per heavy atom. The van der Waals surface area contributed by atoms with Gasteiger partial charge in [0.25, 0.3) is 0 Å². The van der Waals surface area contributed by atoms with E-state index in [1.165, 1.54) is 6.92 Å². The topological polar surface area (TPSA) is 26.0 Å². The van der Waals surface area contributed by atoms with Crippen LogP contribution in [0.15, 0.2) is 24.3 Å². The van der Waals surface area contributed by atoms with Crippen LogP contribution in [0.1, 0.15) is 37.8 Å². The summed E-state index contributed by atoms with van der Waals surface area (Å²) in [6.07, 6.45) is 0. The second-order valence-corrected chi connectivity index (χ2v) is 4.18. The molecule has 1 rings (SSSR count). The zero-order valence-corrected chi connectivity index (χ0v) is 9.05. The molecule has 0 radical (unpaired) electrons. The third-order valence-electron chi connectivity index (χ3n) is 2.54. The fourth-order valence-electron chi connectivity index (χ4n) is 1.34. The van der Waals surface area contributed by atoms with Crippen molar-refractivity contribution in [2.24, 2.45) is 5.73 Å². The average Bonchev–Trinajstić information content (AvgIpc) is 2.18. The van der Waals surface area contributed by atoms with Crippen LogP contribution in [0.2, 0.25) is 0 Å². The van der Waals surface area contributed by atoms with Crippen LogP contribution in [0.25, 0.3) is 0 Å². The van der Waals surface area contributed by atoms with Gasteiger partial charge in [0, 0.05) is 6.54 Å². The Kier molecular flexibility index (Phi) is 3.27. The molecule has 0 amide bonds. The van der Waals surface area contributed by atoms with E-state index in [0.29, 0.717) is 11.5 Å². The first-order valence-corrected chi connectivity index (χ1v) is 4.97. The van der Waals surface area contributed by atoms with E-state index in [9.17, 15) is 4.39 Å². The number of rotatable bonds is 3. The molecular weight excluding hydrogens is 177 g/mol. The summed E-state index contributed by atoms with van der Waals surface area (Å²) in [6.45, 7) is 5.73. The van der Waals surface area contributed by atoms with Gasteiger partial charge in [0.1, 0.15) is 5.67 Å². The summed E-state index contributed by atoms with van der Waals surface area (Å²) in [6, 6.07) is 7.59. The van der Waals surface area contributed by atoms with Crippen LogP contribution in [0.4, 0.5) is 4.39 Å². The maximum atomic E-state index is 13.9. The molecule has 1 unspecified atom stereocenters. The Morgan fingerprint density at radius 2 is 2.07 bits per heavy atom. The van der Waals surface area contributed by atoms with E-state index in [2.05, 4.69) is 13.8 Å². The molecule has 0 aromatic heterocycles. The molecule has 0 heterocycles. The zero-order chi connectivity index (χ0) is 10.8. The molecule has 2 heteroatoms. The van der Waals surface area contributed by atoms with Crippen LogP contribution in [-0.4, -0.2) is 6.54 Å². The molecule has 0 fully saturated rings. The van der Waals surface area contributed by atoms with E-state index >= 15 is 0 Å². The first kappa shape index (κ1) is 11.2. The first-order valence-electron chi connectivity index (χ1n) is 4.97. The summed E-state index contributed by atoms with van der Waals surface area (Å²) in [5, 5.41) is 0. The highest BCUT2D eigenvalue weighted by Crippen LogP contribution is 2.26. The Morgan fingerprint density at radius 3 is 2.57 bits per heavy atom. The molecule has 0 aliphatic rings. The lowest BCUT2D eigenvalue weighted by molar-refractivity contribution is 0.203. The highest BCUT2D eigenvalue weighted by molar-refractivity contribution is 5.29. The monoisotopic (exact) mass is 195 g/mol. The lowest BCUT2D eigenvalue weighted by Crippen LogP contribution is -2.26. The van der Waals surface area contributed by atoms with Crippen molar-refractivity contribution in [1.82, 2.24) is 0 Å². The first-order chi connectivity index (χ1) is 6.47. The van der Waals surface area contributed by atoms with Crippen LogP contribution >= 0.6 is 0 Å². The van der Waals surface area contributed by atoms with Crippen LogP contribution in [0.3, 0.4) is 0 Å². The van der Waals surface area contributed by atoms with Gasteiger partial charge in [0.2, 0.25) is 0 Å². The predicted octanol–water partition coefficient (Wildman–Crippen LogP) is 2.95. The lowest BCUT2D eigenvalue weighted by atomic mass is 9.93. The van der Waals surface area contributed by atoms with Gasteiger partial charge in [0.05, 0.1) is 0 Å². The van der Waals surface area contributed by atoms with Gasteiger partial charge in [-0.1, -0.05) is 38.1 Å². The standard InChI is InChI=1S/C12H18FN/c1-9(2)10-5-4-6-11(7-10)12(3,13)8-14/h4-7,9H,8,14H2,1-3H3. The van der Waals surface area contributed by atoms with Gasteiger partial charge in [-0.2, -0.15) is 0 Å². The van der Waals surface area contributed by atoms with Crippen molar-refractivity contribution >= 4 is 0 Å². The highest BCUT2D eigenvalue weighted by atomic mass is 19.1. The largest absolute Gasteiger partial charge is 0.327 e. The number of alkyl halides is 1. The summed E-state index contributed by atoms with van der Waals surface area (Å²) in [5.41, 5.74) is 5.80. The minimum absolute atomic E-state index is 0.0224. The maximum Gasteiger partial charge on any atom is 0.145 e. The number of halogens is 1. The molecule has 0 aliphatic heterocycles. The summed E-state index contributed by atoms with van der Waals surface area (Å²) >= 11 is 0. The quantitative estimate of drug-likeness (QED) is 0.788. The number of hydrogen-bond donors (Lipinski definition) is 1. The molecule has 0 saturated carbocycles. The van der Waals surface area contributed by atoms with Crippen molar-refractivity contribution in [3.63, 3.8) is 0 Å². The second-order valence-electron chi connectivity index (χ2n) is 4.18. The highest BCUT2D eigenvalue weighted by Gasteiger charge is 2.23. The van der Waals surface area contributed by atoms with Crippen molar-refractivity contribution < 1.29 is 4.39 Å². The molecule has 0 bridgehead atoms. The SMILES string of the molecule is CC(C)c1cccc(C(C)(F)CN)c1. The van der Waals surface area contributed by atoms with Crippen molar-refractivity contribution in [2.75, 3.05) is 6.54 Å². The molecule has 1 aromatic rings. The Bertz CT molecular complexity index is 305. The number of benzene rings is 1. The van der Waals surface area contributed by atoms with Crippen molar-refractivity contribution in [2.45, 2.75) is 32.4 Å². The number of nitrogens with two attached hydrogens (primary N) is 1. The predicted molar refractivity (Wildman–Crippen MR) is 58.0 cm³/mol. The van der Waals surface area contributed by atoms with Crippen molar-refractivity contribution in [3.8, 4) is 0 Å². The van der Waals surface area contributed by atoms with E-state index in [0.717, 1.165) is 5.56 Å². The molecular formula is C12H18FN. The normalized spacial score (nSPS) is 15.6. The van der Waals surface area contributed by atoms with Gasteiger partial charge in [-0.3, -0.25) is 0 Å². The molecule has 1 atom stereocenters. The molecule has 78 valence electrons. The molecule has 0 saturated heterocycles. The Labute approximate surface area is 85.1 Å². The van der Waals surface area contributed by atoms with Crippen LogP contribution in [0, 0.1) is 0 Å². The summed E-state index contributed by atoms with van der Waals surface area (Å²) < 4.78 is 13.9. The van der Waals surface area contributed by atoms with Gasteiger partial charge in [-0.15, -0.1) is 0 Å². The van der Waals surface area contributed by atoms with E-state index in [1.54, 1.807) is 6.07 Å².